The van der Waals surface area contributed by atoms with Crippen LogP contribution in [0.1, 0.15) is 11.3 Å². The zero-order valence-corrected chi connectivity index (χ0v) is 12.5. The SMILES string of the molecule is Cc1ccc(-n2cnnn2)cc1NC(=O)NCc1ccccn1. The molecule has 1 aromatic carbocycles. The molecule has 0 fully saturated rings. The third kappa shape index (κ3) is 3.67. The van der Waals surface area contributed by atoms with Gasteiger partial charge in [0.2, 0.25) is 0 Å². The van der Waals surface area contributed by atoms with E-state index in [0.717, 1.165) is 16.9 Å². The number of aryl methyl sites for hydroxylation is 1. The minimum atomic E-state index is -0.299. The van der Waals surface area contributed by atoms with Gasteiger partial charge >= 0.3 is 6.03 Å². The van der Waals surface area contributed by atoms with Gasteiger partial charge < -0.3 is 10.6 Å². The lowest BCUT2D eigenvalue weighted by Crippen LogP contribution is -2.28. The lowest BCUT2D eigenvalue weighted by atomic mass is 10.2. The van der Waals surface area contributed by atoms with Crippen LogP contribution in [0.5, 0.6) is 0 Å². The van der Waals surface area contributed by atoms with Crippen molar-refractivity contribution in [2.45, 2.75) is 13.5 Å². The van der Waals surface area contributed by atoms with Crippen LogP contribution in [-0.2, 0) is 6.54 Å². The topological polar surface area (TPSA) is 97.6 Å². The van der Waals surface area contributed by atoms with E-state index in [0.29, 0.717) is 12.2 Å². The van der Waals surface area contributed by atoms with Crippen molar-refractivity contribution in [3.05, 3.63) is 60.2 Å². The molecule has 0 atom stereocenters. The molecule has 2 amide bonds. The Balaban J connectivity index is 1.67. The van der Waals surface area contributed by atoms with Gasteiger partial charge in [-0.1, -0.05) is 12.1 Å². The molecule has 0 unspecified atom stereocenters. The number of hydrogen-bond acceptors (Lipinski definition) is 5. The molecule has 23 heavy (non-hydrogen) atoms. The number of tetrazole rings is 1. The fourth-order valence-electron chi connectivity index (χ4n) is 2.01. The van der Waals surface area contributed by atoms with E-state index in [2.05, 4.69) is 31.1 Å². The summed E-state index contributed by atoms with van der Waals surface area (Å²) in [4.78, 5) is 16.2. The number of amides is 2. The van der Waals surface area contributed by atoms with Gasteiger partial charge in [-0.25, -0.2) is 9.48 Å². The second kappa shape index (κ2) is 6.65. The molecule has 0 aliphatic carbocycles. The van der Waals surface area contributed by atoms with Crippen molar-refractivity contribution in [3.8, 4) is 5.69 Å². The molecular weight excluding hydrogens is 294 g/mol. The molecule has 3 rings (SSSR count). The van der Waals surface area contributed by atoms with Gasteiger partial charge in [-0.05, 0) is 47.2 Å². The van der Waals surface area contributed by atoms with Gasteiger partial charge in [-0.3, -0.25) is 4.98 Å². The van der Waals surface area contributed by atoms with E-state index in [1.54, 1.807) is 6.20 Å². The third-order valence-electron chi connectivity index (χ3n) is 3.24. The second-order valence-electron chi connectivity index (χ2n) is 4.88. The normalized spacial score (nSPS) is 10.3. The maximum absolute atomic E-state index is 12.0. The number of hydrogen-bond donors (Lipinski definition) is 2. The average molecular weight is 309 g/mol. The standard InChI is InChI=1S/C15H15N7O/c1-11-5-6-13(22-10-18-20-21-22)8-14(11)19-15(23)17-9-12-4-2-3-7-16-12/h2-8,10H,9H2,1H3,(H2,17,19,23). The van der Waals surface area contributed by atoms with E-state index < -0.39 is 0 Å². The van der Waals surface area contributed by atoms with Crippen LogP contribution in [0.4, 0.5) is 10.5 Å². The predicted octanol–water partition coefficient (Wildman–Crippen LogP) is 1.69. The third-order valence-corrected chi connectivity index (χ3v) is 3.24. The van der Waals surface area contributed by atoms with Gasteiger partial charge in [-0.15, -0.1) is 5.10 Å². The summed E-state index contributed by atoms with van der Waals surface area (Å²) in [6, 6.07) is 10.8. The van der Waals surface area contributed by atoms with Crippen molar-refractivity contribution in [2.75, 3.05) is 5.32 Å². The quantitative estimate of drug-likeness (QED) is 0.764. The Bertz CT molecular complexity index is 787. The molecule has 0 spiro atoms. The molecule has 8 heteroatoms. The smallest absolute Gasteiger partial charge is 0.319 e. The van der Waals surface area contributed by atoms with Gasteiger partial charge in [0.1, 0.15) is 6.33 Å². The first-order valence-corrected chi connectivity index (χ1v) is 7.01. The Morgan fingerprint density at radius 1 is 1.26 bits per heavy atom. The van der Waals surface area contributed by atoms with Gasteiger partial charge in [-0.2, -0.15) is 0 Å². The number of nitrogens with zero attached hydrogens (tertiary/aromatic N) is 5. The van der Waals surface area contributed by atoms with Crippen LogP contribution < -0.4 is 10.6 Å². The van der Waals surface area contributed by atoms with E-state index in [-0.39, 0.29) is 6.03 Å². The van der Waals surface area contributed by atoms with Crippen LogP contribution in [0.25, 0.3) is 5.69 Å². The summed E-state index contributed by atoms with van der Waals surface area (Å²) in [5.74, 6) is 0. The highest BCUT2D eigenvalue weighted by molar-refractivity contribution is 5.90. The molecule has 2 aromatic heterocycles. The van der Waals surface area contributed by atoms with Gasteiger partial charge in [0, 0.05) is 11.9 Å². The molecule has 0 radical (unpaired) electrons. The number of nitrogens with one attached hydrogen (secondary N) is 2. The van der Waals surface area contributed by atoms with Crippen molar-refractivity contribution in [3.63, 3.8) is 0 Å². The first-order valence-electron chi connectivity index (χ1n) is 7.01. The van der Waals surface area contributed by atoms with E-state index >= 15 is 0 Å². The van der Waals surface area contributed by atoms with Crippen molar-refractivity contribution >= 4 is 11.7 Å². The van der Waals surface area contributed by atoms with Gasteiger partial charge in [0.05, 0.1) is 17.9 Å². The lowest BCUT2D eigenvalue weighted by Gasteiger charge is -2.11. The second-order valence-corrected chi connectivity index (χ2v) is 4.88. The maximum atomic E-state index is 12.0. The van der Waals surface area contributed by atoms with Crippen molar-refractivity contribution in [1.29, 1.82) is 0 Å². The molecule has 0 aliphatic rings. The highest BCUT2D eigenvalue weighted by Crippen LogP contribution is 2.18. The Labute approximate surface area is 132 Å². The molecule has 8 nitrogen and oxygen atoms in total. The van der Waals surface area contributed by atoms with Crippen molar-refractivity contribution < 1.29 is 4.79 Å². The number of anilines is 1. The number of carbonyl (C=O) groups excluding carboxylic acids is 1. The Morgan fingerprint density at radius 2 is 2.17 bits per heavy atom. The van der Waals surface area contributed by atoms with Crippen LogP contribution in [0.2, 0.25) is 0 Å². The Morgan fingerprint density at radius 3 is 2.91 bits per heavy atom. The van der Waals surface area contributed by atoms with Gasteiger partial charge in [0.25, 0.3) is 0 Å². The van der Waals surface area contributed by atoms with E-state index in [4.69, 9.17) is 0 Å². The zero-order chi connectivity index (χ0) is 16.1. The number of benzene rings is 1. The summed E-state index contributed by atoms with van der Waals surface area (Å²) in [6.45, 7) is 2.27. The number of aromatic nitrogens is 5. The molecular formula is C15H15N7O. The first-order chi connectivity index (χ1) is 11.2. The largest absolute Gasteiger partial charge is 0.332 e. The van der Waals surface area contributed by atoms with Crippen LogP contribution in [-0.4, -0.2) is 31.2 Å². The van der Waals surface area contributed by atoms with E-state index in [1.165, 1.54) is 11.0 Å². The average Bonchev–Trinajstić information content (AvgIpc) is 3.10. The summed E-state index contributed by atoms with van der Waals surface area (Å²) in [6.07, 6.45) is 3.18. The Hall–Kier alpha value is -3.29. The molecule has 0 bridgehead atoms. The van der Waals surface area contributed by atoms with Crippen LogP contribution in [0, 0.1) is 6.92 Å². The predicted molar refractivity (Wildman–Crippen MR) is 84.0 cm³/mol. The maximum Gasteiger partial charge on any atom is 0.319 e. The van der Waals surface area contributed by atoms with Crippen molar-refractivity contribution in [2.24, 2.45) is 0 Å². The highest BCUT2D eigenvalue weighted by atomic mass is 16.2. The number of pyridine rings is 1. The first kappa shape index (κ1) is 14.6. The zero-order valence-electron chi connectivity index (χ0n) is 12.5. The molecule has 2 N–H and O–H groups in total. The number of carbonyl (C=O) groups is 1. The summed E-state index contributed by atoms with van der Waals surface area (Å²) < 4.78 is 1.52. The minimum absolute atomic E-state index is 0.299. The summed E-state index contributed by atoms with van der Waals surface area (Å²) >= 11 is 0. The van der Waals surface area contributed by atoms with Crippen LogP contribution in [0.3, 0.4) is 0 Å². The molecule has 0 saturated heterocycles. The Kier molecular flexibility index (Phi) is 4.23. The number of rotatable bonds is 4. The minimum Gasteiger partial charge on any atom is -0.332 e. The molecule has 116 valence electrons. The monoisotopic (exact) mass is 309 g/mol. The molecule has 0 aliphatic heterocycles. The summed E-state index contributed by atoms with van der Waals surface area (Å²) in [5, 5.41) is 16.6. The van der Waals surface area contributed by atoms with Crippen LogP contribution >= 0.6 is 0 Å². The van der Waals surface area contributed by atoms with E-state index in [1.807, 2.05) is 43.3 Å². The summed E-state index contributed by atoms with van der Waals surface area (Å²) in [7, 11) is 0. The molecule has 2 heterocycles. The molecule has 3 aromatic rings. The fourth-order valence-corrected chi connectivity index (χ4v) is 2.01. The lowest BCUT2D eigenvalue weighted by molar-refractivity contribution is 0.251. The van der Waals surface area contributed by atoms with E-state index in [9.17, 15) is 4.79 Å². The van der Waals surface area contributed by atoms with Crippen molar-refractivity contribution in [1.82, 2.24) is 30.5 Å². The van der Waals surface area contributed by atoms with Gasteiger partial charge in [0.15, 0.2) is 0 Å². The number of urea groups is 1. The molecule has 0 saturated carbocycles. The highest BCUT2D eigenvalue weighted by Gasteiger charge is 2.07. The summed E-state index contributed by atoms with van der Waals surface area (Å²) in [5.41, 5.74) is 3.19. The van der Waals surface area contributed by atoms with Crippen LogP contribution in [0.15, 0.2) is 48.9 Å². The fraction of sp³-hybridized carbons (Fsp3) is 0.133.